The molecule has 0 aliphatic heterocycles. The molecule has 0 bridgehead atoms. The van der Waals surface area contributed by atoms with Crippen LogP contribution in [0, 0.1) is 0 Å². The van der Waals surface area contributed by atoms with Gasteiger partial charge in [-0.1, -0.05) is 0 Å². The van der Waals surface area contributed by atoms with Crippen molar-refractivity contribution >= 4 is 28.9 Å². The number of aromatic nitrogens is 3. The summed E-state index contributed by atoms with van der Waals surface area (Å²) in [7, 11) is 0. The van der Waals surface area contributed by atoms with E-state index in [0.29, 0.717) is 11.2 Å². The average Bonchev–Trinajstić information content (AvgIpc) is 2.36. The Kier molecular flexibility index (Phi) is 3.51. The van der Waals surface area contributed by atoms with Crippen molar-refractivity contribution in [2.75, 3.05) is 18.0 Å². The summed E-state index contributed by atoms with van der Waals surface area (Å²) in [4.78, 5) is 34.7. The summed E-state index contributed by atoms with van der Waals surface area (Å²) in [5.74, 6) is -2.04. The highest BCUT2D eigenvalue weighted by molar-refractivity contribution is 5.80. The minimum Gasteiger partial charge on any atom is -0.480 e. The van der Waals surface area contributed by atoms with Gasteiger partial charge in [-0.05, 0) is 12.1 Å². The summed E-state index contributed by atoms with van der Waals surface area (Å²) >= 11 is 0. The molecule has 19 heavy (non-hydrogen) atoms. The molecule has 0 aliphatic rings. The van der Waals surface area contributed by atoms with Crippen LogP contribution in [0.3, 0.4) is 0 Å². The summed E-state index contributed by atoms with van der Waals surface area (Å²) in [5, 5.41) is 17.6. The van der Waals surface area contributed by atoms with Gasteiger partial charge in [0.05, 0.1) is 0 Å². The fraction of sp³-hybridized carbons (Fsp3) is 0.182. The fourth-order valence-electron chi connectivity index (χ4n) is 1.56. The third-order valence-corrected chi connectivity index (χ3v) is 2.29. The molecule has 2 N–H and O–H groups in total. The molecule has 98 valence electrons. The predicted molar refractivity (Wildman–Crippen MR) is 64.8 cm³/mol. The smallest absolute Gasteiger partial charge is 0.323 e. The van der Waals surface area contributed by atoms with Gasteiger partial charge in [0.15, 0.2) is 5.65 Å². The molecule has 0 unspecified atom stereocenters. The third kappa shape index (κ3) is 3.12. The van der Waals surface area contributed by atoms with Crippen molar-refractivity contribution in [3.05, 3.63) is 24.5 Å². The number of nitrogens with zero attached hydrogens (tertiary/aromatic N) is 4. The van der Waals surface area contributed by atoms with E-state index in [9.17, 15) is 9.59 Å². The van der Waals surface area contributed by atoms with Gasteiger partial charge in [-0.25, -0.2) is 9.97 Å². The number of carboxylic acid groups (broad SMARTS) is 2. The molecule has 0 saturated carbocycles. The molecule has 0 aromatic carbocycles. The van der Waals surface area contributed by atoms with Crippen molar-refractivity contribution in [2.24, 2.45) is 0 Å². The molecule has 2 aromatic rings. The van der Waals surface area contributed by atoms with Crippen LogP contribution in [-0.2, 0) is 9.59 Å². The molecule has 0 aliphatic carbocycles. The molecule has 0 radical (unpaired) electrons. The molecule has 0 saturated heterocycles. The average molecular weight is 262 g/mol. The maximum atomic E-state index is 10.7. The first-order chi connectivity index (χ1) is 9.06. The van der Waals surface area contributed by atoms with Gasteiger partial charge in [0.1, 0.15) is 24.4 Å². The van der Waals surface area contributed by atoms with E-state index in [4.69, 9.17) is 10.2 Å². The van der Waals surface area contributed by atoms with Crippen LogP contribution in [0.15, 0.2) is 24.5 Å². The van der Waals surface area contributed by atoms with E-state index in [-0.39, 0.29) is 5.82 Å². The highest BCUT2D eigenvalue weighted by Gasteiger charge is 2.16. The summed E-state index contributed by atoms with van der Waals surface area (Å²) in [6.45, 7) is -0.907. The van der Waals surface area contributed by atoms with Crippen molar-refractivity contribution in [2.45, 2.75) is 0 Å². The Bertz CT molecular complexity index is 615. The Hall–Kier alpha value is -2.77. The van der Waals surface area contributed by atoms with Crippen LogP contribution in [0.25, 0.3) is 11.2 Å². The largest absolute Gasteiger partial charge is 0.480 e. The third-order valence-electron chi connectivity index (χ3n) is 2.29. The molecular formula is C11H10N4O4. The number of rotatable bonds is 5. The van der Waals surface area contributed by atoms with Crippen molar-refractivity contribution in [3.63, 3.8) is 0 Å². The van der Waals surface area contributed by atoms with Crippen molar-refractivity contribution < 1.29 is 19.8 Å². The van der Waals surface area contributed by atoms with Gasteiger partial charge in [0, 0.05) is 12.4 Å². The van der Waals surface area contributed by atoms with Gasteiger partial charge in [-0.3, -0.25) is 14.6 Å². The number of hydrogen-bond donors (Lipinski definition) is 2. The molecule has 2 rings (SSSR count). The Labute approximate surface area is 107 Å². The van der Waals surface area contributed by atoms with Gasteiger partial charge >= 0.3 is 11.9 Å². The van der Waals surface area contributed by atoms with Gasteiger partial charge in [-0.15, -0.1) is 0 Å². The zero-order valence-corrected chi connectivity index (χ0v) is 9.72. The number of fused-ring (bicyclic) bond motifs is 1. The lowest BCUT2D eigenvalue weighted by Gasteiger charge is -2.19. The summed E-state index contributed by atoms with van der Waals surface area (Å²) in [5.41, 5.74) is 0.887. The van der Waals surface area contributed by atoms with Crippen LogP contribution in [0.1, 0.15) is 0 Å². The summed E-state index contributed by atoms with van der Waals surface area (Å²) < 4.78 is 0. The zero-order chi connectivity index (χ0) is 13.8. The van der Waals surface area contributed by atoms with E-state index in [1.165, 1.54) is 18.5 Å². The summed E-state index contributed by atoms with van der Waals surface area (Å²) in [6, 6.07) is 3.13. The van der Waals surface area contributed by atoms with E-state index in [1.807, 2.05) is 0 Å². The Balaban J connectivity index is 2.37. The predicted octanol–water partition coefficient (Wildman–Crippen LogP) is 0.000400. The van der Waals surface area contributed by atoms with Crippen molar-refractivity contribution in [3.8, 4) is 0 Å². The van der Waals surface area contributed by atoms with Gasteiger partial charge in [0.2, 0.25) is 0 Å². The molecule has 2 aromatic heterocycles. The first-order valence-electron chi connectivity index (χ1n) is 5.32. The van der Waals surface area contributed by atoms with Crippen molar-refractivity contribution in [1.29, 1.82) is 0 Å². The maximum Gasteiger partial charge on any atom is 0.323 e. The molecule has 0 amide bonds. The maximum absolute atomic E-state index is 10.7. The van der Waals surface area contributed by atoms with E-state index in [1.54, 1.807) is 6.07 Å². The molecular weight excluding hydrogens is 252 g/mol. The SMILES string of the molecule is O=C(O)CN(CC(=O)O)c1ccc2nccnc2n1. The molecule has 2 heterocycles. The molecule has 0 atom stereocenters. The Morgan fingerprint density at radius 2 is 1.68 bits per heavy atom. The second-order valence-electron chi connectivity index (χ2n) is 3.71. The van der Waals surface area contributed by atoms with Crippen LogP contribution in [0.5, 0.6) is 0 Å². The van der Waals surface area contributed by atoms with Crippen LogP contribution >= 0.6 is 0 Å². The number of hydrogen-bond acceptors (Lipinski definition) is 6. The van der Waals surface area contributed by atoms with Gasteiger partial charge in [0.25, 0.3) is 0 Å². The zero-order valence-electron chi connectivity index (χ0n) is 9.72. The Morgan fingerprint density at radius 1 is 1.05 bits per heavy atom. The lowest BCUT2D eigenvalue weighted by Crippen LogP contribution is -2.35. The number of aliphatic carboxylic acids is 2. The van der Waals surface area contributed by atoms with Crippen molar-refractivity contribution in [1.82, 2.24) is 15.0 Å². The van der Waals surface area contributed by atoms with E-state index in [2.05, 4.69) is 15.0 Å². The number of carboxylic acids is 2. The second kappa shape index (κ2) is 5.25. The first kappa shape index (κ1) is 12.7. The lowest BCUT2D eigenvalue weighted by molar-refractivity contribution is -0.136. The lowest BCUT2D eigenvalue weighted by atomic mass is 10.3. The van der Waals surface area contributed by atoms with Crippen LogP contribution in [-0.4, -0.2) is 50.2 Å². The first-order valence-corrected chi connectivity index (χ1v) is 5.32. The van der Waals surface area contributed by atoms with Gasteiger partial charge in [-0.2, -0.15) is 0 Å². The highest BCUT2D eigenvalue weighted by atomic mass is 16.4. The second-order valence-corrected chi connectivity index (χ2v) is 3.71. The quantitative estimate of drug-likeness (QED) is 0.773. The van der Waals surface area contributed by atoms with E-state index in [0.717, 1.165) is 4.90 Å². The Morgan fingerprint density at radius 3 is 2.32 bits per heavy atom. The van der Waals surface area contributed by atoms with E-state index < -0.39 is 25.0 Å². The normalized spacial score (nSPS) is 10.3. The monoisotopic (exact) mass is 262 g/mol. The topological polar surface area (TPSA) is 117 Å². The van der Waals surface area contributed by atoms with Gasteiger partial charge < -0.3 is 15.1 Å². The van der Waals surface area contributed by atoms with Crippen LogP contribution in [0.4, 0.5) is 5.82 Å². The van der Waals surface area contributed by atoms with Crippen LogP contribution < -0.4 is 4.90 Å². The minimum absolute atomic E-state index is 0.234. The number of carbonyl (C=O) groups is 2. The molecule has 8 heteroatoms. The molecule has 0 spiro atoms. The van der Waals surface area contributed by atoms with E-state index >= 15 is 0 Å². The summed E-state index contributed by atoms with van der Waals surface area (Å²) in [6.07, 6.45) is 2.97. The standard InChI is InChI=1S/C11H10N4O4/c16-9(17)5-15(6-10(18)19)8-2-1-7-11(14-8)13-4-3-12-7/h1-4H,5-6H2,(H,16,17)(H,18,19). The molecule has 8 nitrogen and oxygen atoms in total. The minimum atomic E-state index is -1.14. The fourth-order valence-corrected chi connectivity index (χ4v) is 1.56. The number of anilines is 1. The highest BCUT2D eigenvalue weighted by Crippen LogP contribution is 2.14. The molecule has 0 fully saturated rings. The van der Waals surface area contributed by atoms with Crippen LogP contribution in [0.2, 0.25) is 0 Å². The number of pyridine rings is 1.